The fourth-order valence-corrected chi connectivity index (χ4v) is 2.49. The highest BCUT2D eigenvalue weighted by molar-refractivity contribution is 6.39. The molecule has 5 heteroatoms. The zero-order valence-electron chi connectivity index (χ0n) is 11.1. The van der Waals surface area contributed by atoms with Crippen molar-refractivity contribution in [2.24, 2.45) is 0 Å². The third kappa shape index (κ3) is 1.56. The molecule has 0 spiro atoms. The first-order valence-corrected chi connectivity index (χ1v) is 6.18. The maximum absolute atomic E-state index is 10.2. The summed E-state index contributed by atoms with van der Waals surface area (Å²) in [5, 5.41) is 32.8. The van der Waals surface area contributed by atoms with Crippen LogP contribution in [0, 0.1) is 0 Å². The van der Waals surface area contributed by atoms with Gasteiger partial charge in [0.25, 0.3) is 0 Å². The number of fused-ring (bicyclic) bond motifs is 3. The van der Waals surface area contributed by atoms with Crippen LogP contribution in [0.3, 0.4) is 0 Å². The van der Waals surface area contributed by atoms with Gasteiger partial charge in [0.2, 0.25) is 0 Å². The molecule has 0 bridgehead atoms. The van der Waals surface area contributed by atoms with Crippen molar-refractivity contribution in [3.05, 3.63) is 30.3 Å². The number of phenolic OH excluding ortho intramolecular Hbond substituents is 3. The normalized spacial score (nSPS) is 11.1. The van der Waals surface area contributed by atoms with E-state index >= 15 is 0 Å². The number of ether oxygens (including phenoxy) is 1. The molecular weight excluding hydrogens is 255 g/mol. The van der Waals surface area contributed by atoms with E-state index in [1.807, 2.05) is 18.2 Å². The number of methoxy groups -OCH3 is 1. The van der Waals surface area contributed by atoms with Gasteiger partial charge in [0.05, 0.1) is 7.11 Å². The van der Waals surface area contributed by atoms with E-state index in [-0.39, 0.29) is 22.7 Å². The Labute approximate surface area is 116 Å². The highest BCUT2D eigenvalue weighted by Gasteiger charge is 2.17. The highest BCUT2D eigenvalue weighted by atomic mass is 16.5. The lowest BCUT2D eigenvalue weighted by Crippen LogP contribution is -2.04. The third-order valence-electron chi connectivity index (χ3n) is 3.66. The standard InChI is InChI=1S/C15H13BO4/c1-20-8-4-2-7-3-5-9-11(10(7)6-8)14(18)15(19)12(16)13(9)17/h2-6,17-19H,16H2,1H3. The third-order valence-corrected chi connectivity index (χ3v) is 3.66. The van der Waals surface area contributed by atoms with Crippen molar-refractivity contribution < 1.29 is 20.1 Å². The van der Waals surface area contributed by atoms with Crippen LogP contribution in [0.4, 0.5) is 0 Å². The lowest BCUT2D eigenvalue weighted by atomic mass is 9.88. The number of benzene rings is 3. The summed E-state index contributed by atoms with van der Waals surface area (Å²) in [6.07, 6.45) is 0. The molecule has 100 valence electrons. The summed E-state index contributed by atoms with van der Waals surface area (Å²) in [4.78, 5) is 0. The molecule has 3 N–H and O–H groups in total. The summed E-state index contributed by atoms with van der Waals surface area (Å²) in [6, 6.07) is 9.03. The Bertz CT molecular complexity index is 843. The zero-order valence-corrected chi connectivity index (χ0v) is 11.1. The van der Waals surface area contributed by atoms with E-state index in [9.17, 15) is 15.3 Å². The van der Waals surface area contributed by atoms with Gasteiger partial charge in [0.15, 0.2) is 11.5 Å². The summed E-state index contributed by atoms with van der Waals surface area (Å²) < 4.78 is 5.19. The maximum Gasteiger partial charge on any atom is 0.165 e. The summed E-state index contributed by atoms with van der Waals surface area (Å²) in [7, 11) is 3.12. The Kier molecular flexibility index (Phi) is 2.64. The van der Waals surface area contributed by atoms with Crippen molar-refractivity contribution in [3.8, 4) is 23.0 Å². The molecule has 0 aliphatic heterocycles. The fraction of sp³-hybridized carbons (Fsp3) is 0.0667. The molecule has 3 rings (SSSR count). The molecule has 0 amide bonds. The summed E-state index contributed by atoms with van der Waals surface area (Å²) in [5.41, 5.74) is 0.261. The molecule has 0 aromatic heterocycles. The van der Waals surface area contributed by atoms with Crippen LogP contribution in [-0.2, 0) is 0 Å². The second-order valence-electron chi connectivity index (χ2n) is 4.75. The van der Waals surface area contributed by atoms with Gasteiger partial charge >= 0.3 is 0 Å². The predicted octanol–water partition coefficient (Wildman–Crippen LogP) is 1.38. The monoisotopic (exact) mass is 268 g/mol. The van der Waals surface area contributed by atoms with E-state index in [0.717, 1.165) is 5.39 Å². The van der Waals surface area contributed by atoms with Crippen LogP contribution in [0.25, 0.3) is 21.5 Å². The Hall–Kier alpha value is -2.56. The minimum absolute atomic E-state index is 0.0278. The summed E-state index contributed by atoms with van der Waals surface area (Å²) >= 11 is 0. The molecule has 0 heterocycles. The number of hydrogen-bond acceptors (Lipinski definition) is 4. The van der Waals surface area contributed by atoms with E-state index in [1.54, 1.807) is 27.1 Å². The van der Waals surface area contributed by atoms with Crippen LogP contribution in [0.15, 0.2) is 30.3 Å². The first-order valence-electron chi connectivity index (χ1n) is 6.18. The van der Waals surface area contributed by atoms with Gasteiger partial charge in [0.1, 0.15) is 19.3 Å². The lowest BCUT2D eigenvalue weighted by molar-refractivity contribution is 0.407. The van der Waals surface area contributed by atoms with Crippen LogP contribution in [0.2, 0.25) is 0 Å². The predicted molar refractivity (Wildman–Crippen MR) is 81.2 cm³/mol. The second-order valence-corrected chi connectivity index (χ2v) is 4.75. The van der Waals surface area contributed by atoms with Gasteiger partial charge in [-0.15, -0.1) is 0 Å². The zero-order chi connectivity index (χ0) is 14.4. The van der Waals surface area contributed by atoms with Gasteiger partial charge < -0.3 is 20.1 Å². The minimum Gasteiger partial charge on any atom is -0.508 e. The number of phenols is 3. The minimum atomic E-state index is -0.301. The number of aromatic hydroxyl groups is 3. The van der Waals surface area contributed by atoms with E-state index in [1.165, 1.54) is 0 Å². The van der Waals surface area contributed by atoms with E-state index in [2.05, 4.69) is 0 Å². The van der Waals surface area contributed by atoms with Crippen molar-refractivity contribution in [2.75, 3.05) is 7.11 Å². The topological polar surface area (TPSA) is 69.9 Å². The molecule has 0 aliphatic carbocycles. The van der Waals surface area contributed by atoms with Gasteiger partial charge in [-0.1, -0.05) is 12.1 Å². The molecule has 0 unspecified atom stereocenters. The van der Waals surface area contributed by atoms with Gasteiger partial charge in [-0.2, -0.15) is 0 Å². The molecule has 0 radical (unpaired) electrons. The molecule has 0 saturated heterocycles. The Morgan fingerprint density at radius 1 is 0.900 bits per heavy atom. The first-order chi connectivity index (χ1) is 9.54. The SMILES string of the molecule is Bc1c(O)c(O)c2c(ccc3ccc(OC)cc32)c1O. The molecule has 0 aliphatic rings. The van der Waals surface area contributed by atoms with Gasteiger partial charge in [-0.05, 0) is 34.4 Å². The highest BCUT2D eigenvalue weighted by Crippen LogP contribution is 2.41. The number of rotatable bonds is 1. The Morgan fingerprint density at radius 2 is 1.60 bits per heavy atom. The van der Waals surface area contributed by atoms with Crippen LogP contribution >= 0.6 is 0 Å². The van der Waals surface area contributed by atoms with Gasteiger partial charge in [-0.3, -0.25) is 0 Å². The van der Waals surface area contributed by atoms with Crippen LogP contribution in [0.5, 0.6) is 23.0 Å². The van der Waals surface area contributed by atoms with Crippen molar-refractivity contribution in [1.29, 1.82) is 0 Å². The smallest absolute Gasteiger partial charge is 0.165 e. The van der Waals surface area contributed by atoms with E-state index in [0.29, 0.717) is 21.9 Å². The Morgan fingerprint density at radius 3 is 2.30 bits per heavy atom. The second kappa shape index (κ2) is 4.23. The van der Waals surface area contributed by atoms with Gasteiger partial charge in [0, 0.05) is 10.8 Å². The van der Waals surface area contributed by atoms with E-state index in [4.69, 9.17) is 4.74 Å². The maximum atomic E-state index is 10.2. The molecule has 0 saturated carbocycles. The molecule has 4 nitrogen and oxygen atoms in total. The van der Waals surface area contributed by atoms with Crippen LogP contribution in [-0.4, -0.2) is 30.3 Å². The average molecular weight is 268 g/mol. The summed E-state index contributed by atoms with van der Waals surface area (Å²) in [6.45, 7) is 0. The van der Waals surface area contributed by atoms with Crippen molar-refractivity contribution >= 4 is 34.9 Å². The first kappa shape index (κ1) is 12.5. The lowest BCUT2D eigenvalue weighted by Gasteiger charge is -2.13. The van der Waals surface area contributed by atoms with E-state index < -0.39 is 0 Å². The van der Waals surface area contributed by atoms with Crippen LogP contribution in [0.1, 0.15) is 0 Å². The fourth-order valence-electron chi connectivity index (χ4n) is 2.49. The molecule has 20 heavy (non-hydrogen) atoms. The Balaban J connectivity index is 2.59. The average Bonchev–Trinajstić information content (AvgIpc) is 2.49. The molecular formula is C15H13BO4. The van der Waals surface area contributed by atoms with Gasteiger partial charge in [-0.25, -0.2) is 0 Å². The largest absolute Gasteiger partial charge is 0.508 e. The quantitative estimate of drug-likeness (QED) is 0.270. The molecule has 0 atom stereocenters. The molecule has 3 aromatic rings. The van der Waals surface area contributed by atoms with Crippen molar-refractivity contribution in [3.63, 3.8) is 0 Å². The van der Waals surface area contributed by atoms with Crippen molar-refractivity contribution in [2.45, 2.75) is 0 Å². The van der Waals surface area contributed by atoms with Crippen molar-refractivity contribution in [1.82, 2.24) is 0 Å². The molecule has 3 aromatic carbocycles. The number of hydrogen-bond donors (Lipinski definition) is 3. The van der Waals surface area contributed by atoms with Crippen LogP contribution < -0.4 is 10.2 Å². The molecule has 0 fully saturated rings. The summed E-state index contributed by atoms with van der Waals surface area (Å²) in [5.74, 6) is 0.0865.